The van der Waals surface area contributed by atoms with Gasteiger partial charge in [0.1, 0.15) is 17.9 Å². The molecule has 8 nitrogen and oxygen atoms in total. The molecule has 0 saturated carbocycles. The minimum atomic E-state index is -3.84. The predicted octanol–water partition coefficient (Wildman–Crippen LogP) is 3.75. The number of nitrogens with one attached hydrogen (secondary N) is 1. The lowest BCUT2D eigenvalue weighted by Gasteiger charge is -2.15. The molecular formula is C23H21ClN2O6S. The summed E-state index contributed by atoms with van der Waals surface area (Å²) in [4.78, 5) is 25.0. The molecule has 0 heterocycles. The molecule has 0 bridgehead atoms. The van der Waals surface area contributed by atoms with E-state index in [1.54, 1.807) is 30.3 Å². The smallest absolute Gasteiger partial charge is 0.342 e. The van der Waals surface area contributed by atoms with E-state index in [9.17, 15) is 18.0 Å². The Labute approximate surface area is 196 Å². The van der Waals surface area contributed by atoms with Gasteiger partial charge in [0.15, 0.2) is 6.10 Å². The van der Waals surface area contributed by atoms with Crippen LogP contribution in [0.1, 0.15) is 22.8 Å². The Balaban J connectivity index is 1.62. The molecule has 0 aliphatic rings. The predicted molar refractivity (Wildman–Crippen MR) is 124 cm³/mol. The second-order valence-electron chi connectivity index (χ2n) is 7.02. The van der Waals surface area contributed by atoms with Crippen LogP contribution in [-0.4, -0.2) is 26.4 Å². The highest BCUT2D eigenvalue weighted by Crippen LogP contribution is 2.22. The Hall–Kier alpha value is -3.40. The van der Waals surface area contributed by atoms with Crippen LogP contribution >= 0.6 is 11.6 Å². The van der Waals surface area contributed by atoms with Gasteiger partial charge in [0.25, 0.3) is 5.91 Å². The maximum absolute atomic E-state index is 12.7. The van der Waals surface area contributed by atoms with E-state index in [1.165, 1.54) is 37.3 Å². The number of esters is 1. The maximum atomic E-state index is 12.7. The number of hydrogen-bond acceptors (Lipinski definition) is 6. The molecule has 3 aromatic rings. The summed E-state index contributed by atoms with van der Waals surface area (Å²) < 4.78 is 33.7. The van der Waals surface area contributed by atoms with Crippen molar-refractivity contribution in [1.29, 1.82) is 0 Å². The summed E-state index contributed by atoms with van der Waals surface area (Å²) in [6.07, 6.45) is -1.13. The van der Waals surface area contributed by atoms with E-state index < -0.39 is 28.0 Å². The zero-order valence-corrected chi connectivity index (χ0v) is 19.1. The lowest BCUT2D eigenvalue weighted by Crippen LogP contribution is -2.30. The molecular weight excluding hydrogens is 468 g/mol. The molecule has 1 atom stereocenters. The first-order chi connectivity index (χ1) is 15.6. The van der Waals surface area contributed by atoms with Crippen LogP contribution in [0.4, 0.5) is 5.69 Å². The molecule has 10 heteroatoms. The fourth-order valence-corrected chi connectivity index (χ4v) is 3.39. The second-order valence-corrected chi connectivity index (χ2v) is 9.02. The Kier molecular flexibility index (Phi) is 7.70. The highest BCUT2D eigenvalue weighted by molar-refractivity contribution is 7.89. The number of halogens is 1. The number of carbonyl (C=O) groups is 2. The number of hydrogen-bond donors (Lipinski definition) is 2. The van der Waals surface area contributed by atoms with Crippen molar-refractivity contribution in [2.24, 2.45) is 5.14 Å². The number of anilines is 1. The maximum Gasteiger partial charge on any atom is 0.342 e. The minimum Gasteiger partial charge on any atom is -0.488 e. The molecule has 0 radical (unpaired) electrons. The molecule has 0 aliphatic carbocycles. The van der Waals surface area contributed by atoms with Gasteiger partial charge in [-0.15, -0.1) is 0 Å². The third-order valence-electron chi connectivity index (χ3n) is 4.52. The summed E-state index contributed by atoms with van der Waals surface area (Å²) in [5.74, 6) is -1.01. The number of ether oxygens (including phenoxy) is 2. The van der Waals surface area contributed by atoms with Crippen molar-refractivity contribution in [3.8, 4) is 5.75 Å². The van der Waals surface area contributed by atoms with Gasteiger partial charge < -0.3 is 14.8 Å². The Morgan fingerprint density at radius 1 is 1.00 bits per heavy atom. The van der Waals surface area contributed by atoms with Gasteiger partial charge in [-0.05, 0) is 61.0 Å². The van der Waals surface area contributed by atoms with E-state index >= 15 is 0 Å². The highest BCUT2D eigenvalue weighted by atomic mass is 35.5. The molecule has 0 aliphatic heterocycles. The summed E-state index contributed by atoms with van der Waals surface area (Å²) in [5, 5.41) is 8.21. The molecule has 1 amide bonds. The molecule has 172 valence electrons. The van der Waals surface area contributed by atoms with Crippen LogP contribution in [0.2, 0.25) is 5.02 Å². The van der Waals surface area contributed by atoms with Crippen LogP contribution in [-0.2, 0) is 26.2 Å². The van der Waals surface area contributed by atoms with Gasteiger partial charge in [-0.1, -0.05) is 35.9 Å². The van der Waals surface area contributed by atoms with Crippen molar-refractivity contribution >= 4 is 39.2 Å². The van der Waals surface area contributed by atoms with Crippen molar-refractivity contribution in [3.05, 3.63) is 88.9 Å². The molecule has 33 heavy (non-hydrogen) atoms. The first kappa shape index (κ1) is 24.2. The van der Waals surface area contributed by atoms with Crippen LogP contribution in [0.3, 0.4) is 0 Å². The zero-order chi connectivity index (χ0) is 24.0. The molecule has 0 spiro atoms. The third-order valence-corrected chi connectivity index (χ3v) is 5.70. The van der Waals surface area contributed by atoms with E-state index in [4.69, 9.17) is 26.2 Å². The van der Waals surface area contributed by atoms with E-state index in [2.05, 4.69) is 5.32 Å². The Bertz CT molecular complexity index is 1240. The molecule has 0 aromatic heterocycles. The molecule has 0 unspecified atom stereocenters. The van der Waals surface area contributed by atoms with Gasteiger partial charge in [-0.2, -0.15) is 0 Å². The lowest BCUT2D eigenvalue weighted by molar-refractivity contribution is -0.123. The topological polar surface area (TPSA) is 125 Å². The van der Waals surface area contributed by atoms with Crippen LogP contribution in [0, 0.1) is 0 Å². The summed E-state index contributed by atoms with van der Waals surface area (Å²) in [5.41, 5.74) is 1.36. The van der Waals surface area contributed by atoms with E-state index in [0.717, 1.165) is 5.56 Å². The number of amides is 1. The molecule has 3 N–H and O–H groups in total. The fourth-order valence-electron chi connectivity index (χ4n) is 2.75. The van der Waals surface area contributed by atoms with Gasteiger partial charge in [-0.3, -0.25) is 4.79 Å². The van der Waals surface area contributed by atoms with Crippen LogP contribution in [0.25, 0.3) is 0 Å². The van der Waals surface area contributed by atoms with Crippen molar-refractivity contribution in [1.82, 2.24) is 0 Å². The van der Waals surface area contributed by atoms with E-state index in [0.29, 0.717) is 16.5 Å². The van der Waals surface area contributed by atoms with Crippen LogP contribution in [0.5, 0.6) is 5.75 Å². The van der Waals surface area contributed by atoms with Crippen molar-refractivity contribution in [2.75, 3.05) is 5.32 Å². The SMILES string of the molecule is C[C@@H](OC(=O)c1ccccc1OCc1ccc(Cl)cc1)C(=O)Nc1ccc(S(N)(=O)=O)cc1. The minimum absolute atomic E-state index is 0.0878. The van der Waals surface area contributed by atoms with Gasteiger partial charge >= 0.3 is 5.97 Å². The molecule has 3 aromatic carbocycles. The molecule has 0 saturated heterocycles. The highest BCUT2D eigenvalue weighted by Gasteiger charge is 2.21. The third kappa shape index (κ3) is 6.79. The van der Waals surface area contributed by atoms with E-state index in [1.807, 2.05) is 12.1 Å². The number of carbonyl (C=O) groups excluding carboxylic acids is 2. The number of nitrogens with two attached hydrogens (primary N) is 1. The first-order valence-corrected chi connectivity index (χ1v) is 11.7. The van der Waals surface area contributed by atoms with Crippen molar-refractivity contribution in [2.45, 2.75) is 24.5 Å². The number of rotatable bonds is 8. The average molecular weight is 489 g/mol. The van der Waals surface area contributed by atoms with Crippen LogP contribution < -0.4 is 15.2 Å². The largest absolute Gasteiger partial charge is 0.488 e. The number of para-hydroxylation sites is 1. The van der Waals surface area contributed by atoms with Crippen molar-refractivity contribution < 1.29 is 27.5 Å². The fraction of sp³-hybridized carbons (Fsp3) is 0.130. The summed E-state index contributed by atoms with van der Waals surface area (Å²) in [6, 6.07) is 18.9. The average Bonchev–Trinajstić information content (AvgIpc) is 2.78. The second kappa shape index (κ2) is 10.5. The van der Waals surface area contributed by atoms with Crippen LogP contribution in [0.15, 0.2) is 77.7 Å². The first-order valence-electron chi connectivity index (χ1n) is 9.74. The standard InChI is InChI=1S/C23H21ClN2O6S/c1-15(22(27)26-18-10-12-19(13-11-18)33(25,29)30)32-23(28)20-4-2-3-5-21(20)31-14-16-6-8-17(24)9-7-16/h2-13,15H,14H2,1H3,(H,26,27)(H2,25,29,30)/t15-/m1/s1. The lowest BCUT2D eigenvalue weighted by atomic mass is 10.2. The molecule has 3 rings (SSSR count). The zero-order valence-electron chi connectivity index (χ0n) is 17.5. The molecule has 0 fully saturated rings. The summed E-state index contributed by atoms with van der Waals surface area (Å²) >= 11 is 5.88. The van der Waals surface area contributed by atoms with Gasteiger partial charge in [0.05, 0.1) is 4.90 Å². The Morgan fingerprint density at radius 3 is 2.27 bits per heavy atom. The van der Waals surface area contributed by atoms with Gasteiger partial charge in [-0.25, -0.2) is 18.4 Å². The quantitative estimate of drug-likeness (QED) is 0.465. The van der Waals surface area contributed by atoms with Gasteiger partial charge in [0, 0.05) is 10.7 Å². The monoisotopic (exact) mass is 488 g/mol. The Morgan fingerprint density at radius 2 is 1.64 bits per heavy atom. The number of primary sulfonamides is 1. The van der Waals surface area contributed by atoms with Gasteiger partial charge in [0.2, 0.25) is 10.0 Å². The number of benzene rings is 3. The van der Waals surface area contributed by atoms with Crippen molar-refractivity contribution in [3.63, 3.8) is 0 Å². The van der Waals surface area contributed by atoms with E-state index in [-0.39, 0.29) is 17.1 Å². The summed E-state index contributed by atoms with van der Waals surface area (Å²) in [6.45, 7) is 1.63. The summed E-state index contributed by atoms with van der Waals surface area (Å²) in [7, 11) is -3.84. The number of sulfonamides is 1. The normalized spacial score (nSPS) is 12.0.